The summed E-state index contributed by atoms with van der Waals surface area (Å²) in [5.41, 5.74) is 4.87. The average Bonchev–Trinajstić information content (AvgIpc) is 2.39. The molecule has 18 heavy (non-hydrogen) atoms. The van der Waals surface area contributed by atoms with Crippen molar-refractivity contribution in [1.82, 2.24) is 5.32 Å². The molecule has 2 aromatic rings. The summed E-state index contributed by atoms with van der Waals surface area (Å²) in [5.74, 6) is 0. The molecule has 0 saturated heterocycles. The Bertz CT molecular complexity index is 517. The van der Waals surface area contributed by atoms with E-state index in [-0.39, 0.29) is 0 Å². The van der Waals surface area contributed by atoms with Crippen LogP contribution in [0.5, 0.6) is 0 Å². The first kappa shape index (κ1) is 13.1. The molecule has 0 atom stereocenters. The zero-order valence-corrected chi connectivity index (χ0v) is 11.6. The molecule has 0 bridgehead atoms. The van der Waals surface area contributed by atoms with E-state index < -0.39 is 0 Å². The molecule has 2 heteroatoms. The lowest BCUT2D eigenvalue weighted by Crippen LogP contribution is -2.12. The summed E-state index contributed by atoms with van der Waals surface area (Å²) in [6, 6.07) is 14.8. The van der Waals surface area contributed by atoms with Crippen molar-refractivity contribution in [2.24, 2.45) is 0 Å². The van der Waals surface area contributed by atoms with Gasteiger partial charge in [-0.3, -0.25) is 0 Å². The maximum Gasteiger partial charge on any atom is 0.0451 e. The van der Waals surface area contributed by atoms with Gasteiger partial charge in [-0.05, 0) is 42.3 Å². The van der Waals surface area contributed by atoms with Crippen LogP contribution < -0.4 is 5.32 Å². The molecule has 2 rings (SSSR count). The van der Waals surface area contributed by atoms with Crippen LogP contribution in [-0.4, -0.2) is 6.54 Å². The van der Waals surface area contributed by atoms with Gasteiger partial charge in [-0.1, -0.05) is 54.4 Å². The van der Waals surface area contributed by atoms with Gasteiger partial charge in [0.05, 0.1) is 0 Å². The van der Waals surface area contributed by atoms with Gasteiger partial charge in [0.15, 0.2) is 0 Å². The van der Waals surface area contributed by atoms with Gasteiger partial charge in [0.2, 0.25) is 0 Å². The molecule has 0 saturated carbocycles. The third-order valence-electron chi connectivity index (χ3n) is 3.00. The van der Waals surface area contributed by atoms with Gasteiger partial charge in [0.25, 0.3) is 0 Å². The Labute approximate surface area is 114 Å². The molecule has 0 aliphatic rings. The fourth-order valence-corrected chi connectivity index (χ4v) is 2.08. The van der Waals surface area contributed by atoms with Crippen molar-refractivity contribution in [3.63, 3.8) is 0 Å². The van der Waals surface area contributed by atoms with Crippen LogP contribution in [0, 0.1) is 6.92 Å². The van der Waals surface area contributed by atoms with E-state index in [0.29, 0.717) is 0 Å². The van der Waals surface area contributed by atoms with Crippen LogP contribution in [0.3, 0.4) is 0 Å². The SMILES string of the molecule is CCNCc1cc(-c2ccc(C)cc2)ccc1Cl. The molecule has 0 aliphatic heterocycles. The quantitative estimate of drug-likeness (QED) is 0.857. The standard InChI is InChI=1S/C16H18ClN/c1-3-18-11-15-10-14(8-9-16(15)17)13-6-4-12(2)5-7-13/h4-10,18H,3,11H2,1-2H3. The van der Waals surface area contributed by atoms with Crippen LogP contribution in [0.15, 0.2) is 42.5 Å². The monoisotopic (exact) mass is 259 g/mol. The lowest BCUT2D eigenvalue weighted by atomic mass is 10.0. The second kappa shape index (κ2) is 6.03. The normalized spacial score (nSPS) is 10.6. The smallest absolute Gasteiger partial charge is 0.0451 e. The van der Waals surface area contributed by atoms with Crippen molar-refractivity contribution < 1.29 is 0 Å². The predicted octanol–water partition coefficient (Wildman–Crippen LogP) is 4.42. The minimum atomic E-state index is 0.815. The molecule has 0 unspecified atom stereocenters. The minimum absolute atomic E-state index is 0.815. The Balaban J connectivity index is 2.31. The first-order valence-corrected chi connectivity index (χ1v) is 6.64. The molecule has 0 radical (unpaired) electrons. The molecular formula is C16H18ClN. The summed E-state index contributed by atoms with van der Waals surface area (Å²) in [4.78, 5) is 0. The highest BCUT2D eigenvalue weighted by Gasteiger charge is 2.03. The second-order valence-electron chi connectivity index (χ2n) is 4.45. The molecule has 94 valence electrons. The Morgan fingerprint density at radius 1 is 1.00 bits per heavy atom. The number of aryl methyl sites for hydroxylation is 1. The fourth-order valence-electron chi connectivity index (χ4n) is 1.90. The molecule has 1 N–H and O–H groups in total. The van der Waals surface area contributed by atoms with Crippen molar-refractivity contribution in [3.8, 4) is 11.1 Å². The van der Waals surface area contributed by atoms with Crippen LogP contribution in [0.4, 0.5) is 0 Å². The molecule has 0 aromatic heterocycles. The van der Waals surface area contributed by atoms with E-state index in [2.05, 4.69) is 55.6 Å². The summed E-state index contributed by atoms with van der Waals surface area (Å²) in [6.07, 6.45) is 0. The van der Waals surface area contributed by atoms with Gasteiger partial charge in [0.1, 0.15) is 0 Å². The summed E-state index contributed by atoms with van der Waals surface area (Å²) in [6.45, 7) is 5.96. The van der Waals surface area contributed by atoms with Gasteiger partial charge in [-0.2, -0.15) is 0 Å². The molecule has 0 fully saturated rings. The average molecular weight is 260 g/mol. The van der Waals surface area contributed by atoms with Gasteiger partial charge in [0, 0.05) is 11.6 Å². The molecular weight excluding hydrogens is 242 g/mol. The van der Waals surface area contributed by atoms with E-state index in [4.69, 9.17) is 11.6 Å². The van der Waals surface area contributed by atoms with Gasteiger partial charge >= 0.3 is 0 Å². The van der Waals surface area contributed by atoms with Crippen LogP contribution in [0.2, 0.25) is 5.02 Å². The molecule has 1 nitrogen and oxygen atoms in total. The Morgan fingerprint density at radius 3 is 2.33 bits per heavy atom. The summed E-state index contributed by atoms with van der Waals surface area (Å²) < 4.78 is 0. The van der Waals surface area contributed by atoms with Crippen molar-refractivity contribution in [1.29, 1.82) is 0 Å². The highest BCUT2D eigenvalue weighted by atomic mass is 35.5. The van der Waals surface area contributed by atoms with E-state index in [1.54, 1.807) is 0 Å². The lowest BCUT2D eigenvalue weighted by molar-refractivity contribution is 0.727. The molecule has 0 aliphatic carbocycles. The zero-order chi connectivity index (χ0) is 13.0. The maximum absolute atomic E-state index is 6.20. The highest BCUT2D eigenvalue weighted by Crippen LogP contribution is 2.25. The van der Waals surface area contributed by atoms with E-state index in [9.17, 15) is 0 Å². The van der Waals surface area contributed by atoms with Crippen molar-refractivity contribution in [2.45, 2.75) is 20.4 Å². The Hall–Kier alpha value is -1.31. The van der Waals surface area contributed by atoms with Crippen LogP contribution in [-0.2, 0) is 6.54 Å². The largest absolute Gasteiger partial charge is 0.313 e. The first-order chi connectivity index (χ1) is 8.70. The lowest BCUT2D eigenvalue weighted by Gasteiger charge is -2.08. The van der Waals surface area contributed by atoms with Crippen molar-refractivity contribution >= 4 is 11.6 Å². The number of hydrogen-bond donors (Lipinski definition) is 1. The number of halogens is 1. The second-order valence-corrected chi connectivity index (χ2v) is 4.86. The molecule has 0 heterocycles. The Kier molecular flexibility index (Phi) is 4.40. The molecule has 2 aromatic carbocycles. The number of rotatable bonds is 4. The van der Waals surface area contributed by atoms with E-state index in [1.807, 2.05) is 6.07 Å². The summed E-state index contributed by atoms with van der Waals surface area (Å²) in [5, 5.41) is 4.13. The van der Waals surface area contributed by atoms with Crippen molar-refractivity contribution in [2.75, 3.05) is 6.54 Å². The van der Waals surface area contributed by atoms with Crippen LogP contribution in [0.1, 0.15) is 18.1 Å². The molecule has 0 spiro atoms. The minimum Gasteiger partial charge on any atom is -0.313 e. The summed E-state index contributed by atoms with van der Waals surface area (Å²) in [7, 11) is 0. The maximum atomic E-state index is 6.20. The molecule has 0 amide bonds. The third kappa shape index (κ3) is 3.12. The van der Waals surface area contributed by atoms with E-state index in [0.717, 1.165) is 23.7 Å². The summed E-state index contributed by atoms with van der Waals surface area (Å²) >= 11 is 6.20. The third-order valence-corrected chi connectivity index (χ3v) is 3.36. The zero-order valence-electron chi connectivity index (χ0n) is 10.8. The van der Waals surface area contributed by atoms with Gasteiger partial charge in [-0.25, -0.2) is 0 Å². The van der Waals surface area contributed by atoms with E-state index in [1.165, 1.54) is 16.7 Å². The van der Waals surface area contributed by atoms with Gasteiger partial charge < -0.3 is 5.32 Å². The Morgan fingerprint density at radius 2 is 1.67 bits per heavy atom. The first-order valence-electron chi connectivity index (χ1n) is 6.27. The number of benzene rings is 2. The van der Waals surface area contributed by atoms with Crippen LogP contribution in [0.25, 0.3) is 11.1 Å². The van der Waals surface area contributed by atoms with Crippen molar-refractivity contribution in [3.05, 3.63) is 58.6 Å². The van der Waals surface area contributed by atoms with Crippen LogP contribution >= 0.6 is 11.6 Å². The number of nitrogens with one attached hydrogen (secondary N) is 1. The topological polar surface area (TPSA) is 12.0 Å². The highest BCUT2D eigenvalue weighted by molar-refractivity contribution is 6.31. The van der Waals surface area contributed by atoms with E-state index >= 15 is 0 Å². The fraction of sp³-hybridized carbons (Fsp3) is 0.250. The number of hydrogen-bond acceptors (Lipinski definition) is 1. The van der Waals surface area contributed by atoms with Gasteiger partial charge in [-0.15, -0.1) is 0 Å². The predicted molar refractivity (Wildman–Crippen MR) is 79.0 cm³/mol.